The number of carbonyl (C=O) groups excluding carboxylic acids is 2. The second-order valence-corrected chi connectivity index (χ2v) is 10.0. The highest BCUT2D eigenvalue weighted by Crippen LogP contribution is 2.34. The number of hydrogen-bond acceptors (Lipinski definition) is 5. The second kappa shape index (κ2) is 8.83. The molecule has 6 rings (SSSR count). The smallest absolute Gasteiger partial charge is 0.255 e. The summed E-state index contributed by atoms with van der Waals surface area (Å²) in [6.45, 7) is 1.86. The minimum atomic E-state index is -0.316. The lowest BCUT2D eigenvalue weighted by molar-refractivity contribution is -0.117. The molecule has 0 unspecified atom stereocenters. The van der Waals surface area contributed by atoms with Gasteiger partial charge in [0, 0.05) is 12.1 Å². The minimum Gasteiger partial charge on any atom is -0.345 e. The number of rotatable bonds is 6. The molecule has 3 heterocycles. The average Bonchev–Trinajstić information content (AvgIpc) is 3.52. The normalized spacial score (nSPS) is 14.2. The van der Waals surface area contributed by atoms with Gasteiger partial charge in [0.15, 0.2) is 5.13 Å². The zero-order chi connectivity index (χ0) is 24.8. The summed E-state index contributed by atoms with van der Waals surface area (Å²) < 4.78 is 15.9. The van der Waals surface area contributed by atoms with Gasteiger partial charge in [-0.1, -0.05) is 29.5 Å². The number of nitrogens with zero attached hydrogens (tertiary/aromatic N) is 3. The van der Waals surface area contributed by atoms with Crippen molar-refractivity contribution < 1.29 is 14.0 Å². The van der Waals surface area contributed by atoms with E-state index in [9.17, 15) is 14.0 Å². The molecule has 9 heteroatoms. The molecule has 0 bridgehead atoms. The van der Waals surface area contributed by atoms with E-state index in [4.69, 9.17) is 0 Å². The van der Waals surface area contributed by atoms with Crippen LogP contribution in [0.15, 0.2) is 67.0 Å². The van der Waals surface area contributed by atoms with Crippen molar-refractivity contribution in [1.82, 2.24) is 19.9 Å². The van der Waals surface area contributed by atoms with Crippen LogP contribution in [0.3, 0.4) is 0 Å². The Morgan fingerprint density at radius 3 is 2.64 bits per heavy atom. The SMILES string of the molecule is C[C@H](NC(=O)c1cnn2ccc(-c3ccc4nc(NC(=O)C5CC5)sc4c3)cc12)c1ccc(F)cc1. The number of benzene rings is 2. The summed E-state index contributed by atoms with van der Waals surface area (Å²) in [4.78, 5) is 29.7. The lowest BCUT2D eigenvalue weighted by Gasteiger charge is -2.14. The summed E-state index contributed by atoms with van der Waals surface area (Å²) in [5.41, 5.74) is 4.68. The van der Waals surface area contributed by atoms with Crippen LogP contribution in [0.2, 0.25) is 0 Å². The summed E-state index contributed by atoms with van der Waals surface area (Å²) >= 11 is 1.45. The molecule has 0 radical (unpaired) electrons. The Morgan fingerprint density at radius 1 is 1.08 bits per heavy atom. The first-order valence-corrected chi connectivity index (χ1v) is 12.5. The van der Waals surface area contributed by atoms with E-state index in [-0.39, 0.29) is 29.6 Å². The van der Waals surface area contributed by atoms with E-state index in [1.54, 1.807) is 22.8 Å². The first-order chi connectivity index (χ1) is 17.4. The molecule has 0 saturated heterocycles. The van der Waals surface area contributed by atoms with E-state index >= 15 is 0 Å². The van der Waals surface area contributed by atoms with Crippen LogP contribution >= 0.6 is 11.3 Å². The fourth-order valence-corrected chi connectivity index (χ4v) is 5.06. The van der Waals surface area contributed by atoms with Crippen molar-refractivity contribution in [1.29, 1.82) is 0 Å². The van der Waals surface area contributed by atoms with Crippen molar-refractivity contribution >= 4 is 44.0 Å². The highest BCUT2D eigenvalue weighted by molar-refractivity contribution is 7.22. The fraction of sp³-hybridized carbons (Fsp3) is 0.185. The highest BCUT2D eigenvalue weighted by atomic mass is 32.1. The number of carbonyl (C=O) groups is 2. The number of amides is 2. The fourth-order valence-electron chi connectivity index (χ4n) is 4.15. The molecular weight excluding hydrogens is 477 g/mol. The number of thiazole rings is 1. The Balaban J connectivity index is 1.26. The first kappa shape index (κ1) is 22.4. The number of hydrogen-bond donors (Lipinski definition) is 2. The van der Waals surface area contributed by atoms with Crippen molar-refractivity contribution in [3.63, 3.8) is 0 Å². The standard InChI is InChI=1S/C27H22FN5O2S/c1-15(16-4-7-20(28)8-5-16)30-26(35)21-14-29-33-11-10-19(12-23(21)33)18-6-9-22-24(13-18)36-27(31-22)32-25(34)17-2-3-17/h4-15,17H,2-3H2,1H3,(H,30,35)(H,31,32,34)/t15-/m0/s1. The van der Waals surface area contributed by atoms with Crippen LogP contribution in [-0.4, -0.2) is 26.4 Å². The topological polar surface area (TPSA) is 88.4 Å². The maximum absolute atomic E-state index is 13.2. The van der Waals surface area contributed by atoms with Crippen LogP contribution in [0, 0.1) is 11.7 Å². The average molecular weight is 500 g/mol. The molecule has 5 aromatic rings. The molecule has 0 spiro atoms. The lowest BCUT2D eigenvalue weighted by Crippen LogP contribution is -2.26. The lowest BCUT2D eigenvalue weighted by atomic mass is 10.1. The molecule has 3 aromatic heterocycles. The van der Waals surface area contributed by atoms with Gasteiger partial charge in [-0.25, -0.2) is 13.9 Å². The molecule has 36 heavy (non-hydrogen) atoms. The van der Waals surface area contributed by atoms with Crippen LogP contribution < -0.4 is 10.6 Å². The maximum Gasteiger partial charge on any atom is 0.255 e. The van der Waals surface area contributed by atoms with Crippen molar-refractivity contribution in [2.75, 3.05) is 5.32 Å². The van der Waals surface area contributed by atoms with Gasteiger partial charge in [-0.05, 0) is 72.9 Å². The molecule has 1 fully saturated rings. The monoisotopic (exact) mass is 499 g/mol. The number of anilines is 1. The third-order valence-corrected chi connectivity index (χ3v) is 7.32. The summed E-state index contributed by atoms with van der Waals surface area (Å²) in [7, 11) is 0. The van der Waals surface area contributed by atoms with Gasteiger partial charge in [-0.2, -0.15) is 5.10 Å². The quantitative estimate of drug-likeness (QED) is 0.319. The van der Waals surface area contributed by atoms with E-state index in [0.29, 0.717) is 16.2 Å². The second-order valence-electron chi connectivity index (χ2n) is 9.02. The summed E-state index contributed by atoms with van der Waals surface area (Å²) in [6, 6.07) is 15.6. The Hall–Kier alpha value is -4.11. The molecule has 2 aromatic carbocycles. The number of fused-ring (bicyclic) bond motifs is 2. The predicted octanol–water partition coefficient (Wildman–Crippen LogP) is 5.59. The summed E-state index contributed by atoms with van der Waals surface area (Å²) in [5, 5.41) is 10.8. The van der Waals surface area contributed by atoms with Gasteiger partial charge in [0.1, 0.15) is 5.82 Å². The molecule has 1 atom stereocenters. The van der Waals surface area contributed by atoms with E-state index < -0.39 is 0 Å². The van der Waals surface area contributed by atoms with Crippen molar-refractivity contribution in [2.24, 2.45) is 5.92 Å². The molecule has 180 valence electrons. The number of nitrogens with one attached hydrogen (secondary N) is 2. The van der Waals surface area contributed by atoms with Crippen molar-refractivity contribution in [3.8, 4) is 11.1 Å². The van der Waals surface area contributed by atoms with Gasteiger partial charge in [0.05, 0.1) is 33.5 Å². The Kier molecular flexibility index (Phi) is 5.49. The van der Waals surface area contributed by atoms with Crippen LogP contribution in [0.5, 0.6) is 0 Å². The molecule has 7 nitrogen and oxygen atoms in total. The van der Waals surface area contributed by atoms with Crippen LogP contribution in [0.1, 0.15) is 41.7 Å². The molecule has 2 amide bonds. The summed E-state index contributed by atoms with van der Waals surface area (Å²) in [5.74, 6) is -0.406. The van der Waals surface area contributed by atoms with Gasteiger partial charge in [0.2, 0.25) is 5.91 Å². The van der Waals surface area contributed by atoms with Crippen LogP contribution in [-0.2, 0) is 4.79 Å². The van der Waals surface area contributed by atoms with Gasteiger partial charge in [0.25, 0.3) is 5.91 Å². The van der Waals surface area contributed by atoms with Crippen molar-refractivity contribution in [3.05, 3.63) is 83.9 Å². The third kappa shape index (κ3) is 4.33. The number of aromatic nitrogens is 3. The molecule has 1 aliphatic carbocycles. The highest BCUT2D eigenvalue weighted by Gasteiger charge is 2.30. The molecular formula is C27H22FN5O2S. The largest absolute Gasteiger partial charge is 0.345 e. The van der Waals surface area contributed by atoms with E-state index in [2.05, 4.69) is 20.7 Å². The predicted molar refractivity (Wildman–Crippen MR) is 137 cm³/mol. The van der Waals surface area contributed by atoms with Gasteiger partial charge >= 0.3 is 0 Å². The minimum absolute atomic E-state index is 0.0417. The van der Waals surface area contributed by atoms with Crippen LogP contribution in [0.25, 0.3) is 26.9 Å². The third-order valence-electron chi connectivity index (χ3n) is 6.38. The van der Waals surface area contributed by atoms with Gasteiger partial charge in [-0.15, -0.1) is 0 Å². The van der Waals surface area contributed by atoms with Crippen LogP contribution in [0.4, 0.5) is 9.52 Å². The van der Waals surface area contributed by atoms with E-state index in [1.807, 2.05) is 43.5 Å². The Morgan fingerprint density at radius 2 is 1.86 bits per heavy atom. The molecule has 0 aliphatic heterocycles. The van der Waals surface area contributed by atoms with Crippen molar-refractivity contribution in [2.45, 2.75) is 25.8 Å². The van der Waals surface area contributed by atoms with Gasteiger partial charge < -0.3 is 10.6 Å². The zero-order valence-corrected chi connectivity index (χ0v) is 20.2. The summed E-state index contributed by atoms with van der Waals surface area (Å²) in [6.07, 6.45) is 5.27. The molecule has 2 N–H and O–H groups in total. The Bertz CT molecular complexity index is 1620. The van der Waals surface area contributed by atoms with E-state index in [1.165, 1.54) is 23.5 Å². The molecule has 1 saturated carbocycles. The van der Waals surface area contributed by atoms with E-state index in [0.717, 1.165) is 39.7 Å². The number of halogens is 1. The maximum atomic E-state index is 13.2. The first-order valence-electron chi connectivity index (χ1n) is 11.7. The zero-order valence-electron chi connectivity index (χ0n) is 19.4. The Labute approximate surface area is 210 Å². The van der Waals surface area contributed by atoms with Gasteiger partial charge in [-0.3, -0.25) is 9.59 Å². The number of pyridine rings is 1. The molecule has 1 aliphatic rings.